The lowest BCUT2D eigenvalue weighted by molar-refractivity contribution is -0.126. The first kappa shape index (κ1) is 17.9. The zero-order valence-corrected chi connectivity index (χ0v) is 17.9. The number of thiophene rings is 1. The van der Waals surface area contributed by atoms with Gasteiger partial charge < -0.3 is 5.32 Å². The van der Waals surface area contributed by atoms with Gasteiger partial charge in [0.15, 0.2) is 0 Å². The Morgan fingerprint density at radius 1 is 1.19 bits per heavy atom. The van der Waals surface area contributed by atoms with E-state index in [2.05, 4.69) is 29.1 Å². The van der Waals surface area contributed by atoms with E-state index in [0.29, 0.717) is 0 Å². The van der Waals surface area contributed by atoms with Crippen LogP contribution in [0.4, 0.5) is 0 Å². The van der Waals surface area contributed by atoms with Gasteiger partial charge in [0.1, 0.15) is 16.2 Å². The fourth-order valence-electron chi connectivity index (χ4n) is 6.09. The quantitative estimate of drug-likeness (QED) is 0.586. The highest BCUT2D eigenvalue weighted by Gasteiger charge is 2.51. The Hall–Kier alpha value is -1.14. The normalized spacial score (nSPS) is 32.8. The number of hydrogen-bond acceptors (Lipinski definition) is 5. The zero-order chi connectivity index (χ0) is 18.8. The maximum absolute atomic E-state index is 13.1. The van der Waals surface area contributed by atoms with E-state index in [1.54, 1.807) is 29.4 Å². The molecule has 6 heteroatoms. The second-order valence-corrected chi connectivity index (χ2v) is 11.6. The fraction of sp³-hybridized carbons (Fsp3) is 0.667. The zero-order valence-electron chi connectivity index (χ0n) is 16.2. The standard InChI is InChI=1S/C21H27N3OS2/c1-11-12(2)26-19-17(11)20(23-10-22-19)27-13(3)18(25)24-21-7-14-4-15(8-21)6-16(5-14)9-21/h10,13-16H,4-9H2,1-3H3,(H,24,25)/t13-,14?,15?,16?,21?/m0/s1. The second-order valence-electron chi connectivity index (χ2n) is 9.09. The van der Waals surface area contributed by atoms with Crippen LogP contribution in [0.3, 0.4) is 0 Å². The van der Waals surface area contributed by atoms with Gasteiger partial charge in [0.05, 0.1) is 5.25 Å². The third-order valence-corrected chi connectivity index (χ3v) is 9.23. The van der Waals surface area contributed by atoms with Crippen LogP contribution in [-0.2, 0) is 4.79 Å². The number of carbonyl (C=O) groups excluding carboxylic acids is 1. The molecule has 0 spiro atoms. The van der Waals surface area contributed by atoms with Crippen molar-refractivity contribution < 1.29 is 4.79 Å². The minimum absolute atomic E-state index is 0.0799. The molecule has 6 rings (SSSR count). The third kappa shape index (κ3) is 3.09. The number of amides is 1. The van der Waals surface area contributed by atoms with Crippen LogP contribution in [0.25, 0.3) is 10.2 Å². The van der Waals surface area contributed by atoms with E-state index >= 15 is 0 Å². The summed E-state index contributed by atoms with van der Waals surface area (Å²) in [6.07, 6.45) is 9.41. The molecule has 0 unspecified atom stereocenters. The van der Waals surface area contributed by atoms with Crippen LogP contribution in [0.15, 0.2) is 11.4 Å². The van der Waals surface area contributed by atoms with E-state index in [4.69, 9.17) is 0 Å². The molecule has 4 bridgehead atoms. The van der Waals surface area contributed by atoms with Gasteiger partial charge in [-0.15, -0.1) is 11.3 Å². The summed E-state index contributed by atoms with van der Waals surface area (Å²) in [6.45, 7) is 6.27. The summed E-state index contributed by atoms with van der Waals surface area (Å²) in [4.78, 5) is 24.3. The lowest BCUT2D eigenvalue weighted by Crippen LogP contribution is -2.60. The minimum atomic E-state index is -0.143. The van der Waals surface area contributed by atoms with Crippen LogP contribution in [-0.4, -0.2) is 26.7 Å². The smallest absolute Gasteiger partial charge is 0.233 e. The highest BCUT2D eigenvalue weighted by Crippen LogP contribution is 2.55. The average Bonchev–Trinajstić information content (AvgIpc) is 2.88. The van der Waals surface area contributed by atoms with Crippen LogP contribution in [0.1, 0.15) is 55.9 Å². The van der Waals surface area contributed by atoms with E-state index in [-0.39, 0.29) is 16.7 Å². The number of carbonyl (C=O) groups is 1. The maximum Gasteiger partial charge on any atom is 0.233 e. The third-order valence-electron chi connectivity index (χ3n) is 7.01. The van der Waals surface area contributed by atoms with Crippen LogP contribution in [0.5, 0.6) is 0 Å². The molecule has 4 fully saturated rings. The molecule has 1 N–H and O–H groups in total. The summed E-state index contributed by atoms with van der Waals surface area (Å²) < 4.78 is 0. The first-order valence-electron chi connectivity index (χ1n) is 10.1. The number of aromatic nitrogens is 2. The molecule has 2 aromatic rings. The molecule has 4 aliphatic carbocycles. The molecular weight excluding hydrogens is 374 g/mol. The molecule has 1 amide bonds. The van der Waals surface area contributed by atoms with Crippen molar-refractivity contribution in [2.75, 3.05) is 0 Å². The van der Waals surface area contributed by atoms with Crippen molar-refractivity contribution in [2.45, 2.75) is 75.1 Å². The fourth-order valence-corrected chi connectivity index (χ4v) is 8.13. The van der Waals surface area contributed by atoms with Gasteiger partial charge in [0.2, 0.25) is 5.91 Å². The van der Waals surface area contributed by atoms with Gasteiger partial charge >= 0.3 is 0 Å². The molecule has 0 saturated heterocycles. The van der Waals surface area contributed by atoms with Gasteiger partial charge in [0, 0.05) is 15.8 Å². The van der Waals surface area contributed by atoms with Gasteiger partial charge in [-0.25, -0.2) is 9.97 Å². The first-order valence-corrected chi connectivity index (χ1v) is 11.8. The van der Waals surface area contributed by atoms with Crippen molar-refractivity contribution in [2.24, 2.45) is 17.8 Å². The summed E-state index contributed by atoms with van der Waals surface area (Å²) in [5.74, 6) is 2.71. The lowest BCUT2D eigenvalue weighted by atomic mass is 9.53. The Kier molecular flexibility index (Phi) is 4.28. The van der Waals surface area contributed by atoms with Crippen LogP contribution < -0.4 is 5.32 Å². The van der Waals surface area contributed by atoms with Crippen LogP contribution in [0.2, 0.25) is 0 Å². The van der Waals surface area contributed by atoms with Gasteiger partial charge in [0.25, 0.3) is 0 Å². The van der Waals surface area contributed by atoms with E-state index in [1.165, 1.54) is 49.0 Å². The molecule has 144 valence electrons. The minimum Gasteiger partial charge on any atom is -0.350 e. The summed E-state index contributed by atoms with van der Waals surface area (Å²) in [6, 6.07) is 0. The number of fused-ring (bicyclic) bond motifs is 1. The maximum atomic E-state index is 13.1. The van der Waals surface area contributed by atoms with Crippen molar-refractivity contribution in [3.05, 3.63) is 16.8 Å². The number of hydrogen-bond donors (Lipinski definition) is 1. The van der Waals surface area contributed by atoms with Gasteiger partial charge in [-0.05, 0) is 82.6 Å². The van der Waals surface area contributed by atoms with Crippen molar-refractivity contribution in [1.29, 1.82) is 0 Å². The molecule has 2 aromatic heterocycles. The Labute approximate surface area is 168 Å². The molecule has 4 saturated carbocycles. The molecule has 4 nitrogen and oxygen atoms in total. The van der Waals surface area contributed by atoms with Gasteiger partial charge in [-0.2, -0.15) is 0 Å². The number of thioether (sulfide) groups is 1. The SMILES string of the molecule is Cc1sc2ncnc(S[C@@H](C)C(=O)NC34CC5CC(CC(C5)C3)C4)c2c1C. The Bertz CT molecular complexity index is 871. The monoisotopic (exact) mass is 401 g/mol. The molecule has 1 atom stereocenters. The average molecular weight is 402 g/mol. The van der Waals surface area contributed by atoms with Crippen molar-refractivity contribution in [3.8, 4) is 0 Å². The van der Waals surface area contributed by atoms with E-state index in [1.807, 2.05) is 6.92 Å². The molecule has 0 radical (unpaired) electrons. The summed E-state index contributed by atoms with van der Waals surface area (Å²) in [5, 5.41) is 5.43. The largest absolute Gasteiger partial charge is 0.350 e. The lowest BCUT2D eigenvalue weighted by Gasteiger charge is -2.57. The molecule has 27 heavy (non-hydrogen) atoms. The Balaban J connectivity index is 1.33. The van der Waals surface area contributed by atoms with Crippen LogP contribution >= 0.6 is 23.1 Å². The predicted octanol–water partition coefficient (Wildman–Crippen LogP) is 4.87. The van der Waals surface area contributed by atoms with E-state index < -0.39 is 0 Å². The number of rotatable bonds is 4. The summed E-state index contributed by atoms with van der Waals surface area (Å²) in [7, 11) is 0. The Morgan fingerprint density at radius 2 is 1.81 bits per heavy atom. The Morgan fingerprint density at radius 3 is 2.44 bits per heavy atom. The van der Waals surface area contributed by atoms with Crippen molar-refractivity contribution in [1.82, 2.24) is 15.3 Å². The second kappa shape index (κ2) is 6.45. The number of nitrogens with one attached hydrogen (secondary N) is 1. The van der Waals surface area contributed by atoms with Crippen molar-refractivity contribution >= 4 is 39.2 Å². The molecule has 2 heterocycles. The highest BCUT2D eigenvalue weighted by atomic mass is 32.2. The van der Waals surface area contributed by atoms with Crippen molar-refractivity contribution in [3.63, 3.8) is 0 Å². The van der Waals surface area contributed by atoms with E-state index in [9.17, 15) is 4.79 Å². The highest BCUT2D eigenvalue weighted by molar-refractivity contribution is 8.00. The predicted molar refractivity (Wildman–Crippen MR) is 111 cm³/mol. The first-order chi connectivity index (χ1) is 12.9. The molecule has 4 aliphatic rings. The summed E-state index contributed by atoms with van der Waals surface area (Å²) in [5.41, 5.74) is 1.32. The number of nitrogens with zero attached hydrogens (tertiary/aromatic N) is 2. The molecule has 0 aromatic carbocycles. The molecular formula is C21H27N3OS2. The number of aryl methyl sites for hydroxylation is 2. The van der Waals surface area contributed by atoms with E-state index in [0.717, 1.165) is 33.0 Å². The van der Waals surface area contributed by atoms with Gasteiger partial charge in [-0.3, -0.25) is 4.79 Å². The van der Waals surface area contributed by atoms with Crippen LogP contribution in [0, 0.1) is 31.6 Å². The summed E-state index contributed by atoms with van der Waals surface area (Å²) >= 11 is 3.29. The van der Waals surface area contributed by atoms with Gasteiger partial charge in [-0.1, -0.05) is 11.8 Å². The topological polar surface area (TPSA) is 54.9 Å². The molecule has 0 aliphatic heterocycles.